The number of hydrogen-bond donors (Lipinski definition) is 6. The van der Waals surface area contributed by atoms with Gasteiger partial charge in [0.15, 0.2) is 11.6 Å². The summed E-state index contributed by atoms with van der Waals surface area (Å²) >= 11 is 0. The van der Waals surface area contributed by atoms with Gasteiger partial charge in [0, 0.05) is 46.3 Å². The zero-order chi connectivity index (χ0) is 40.1. The predicted octanol–water partition coefficient (Wildman–Crippen LogP) is 8.40. The Morgan fingerprint density at radius 3 is 1.40 bits per heavy atom. The minimum absolute atomic E-state index is 0.0364. The van der Waals surface area contributed by atoms with E-state index >= 15 is 0 Å². The molecule has 0 saturated heterocycles. The van der Waals surface area contributed by atoms with E-state index in [4.69, 9.17) is 11.5 Å². The first kappa shape index (κ1) is 37.3. The van der Waals surface area contributed by atoms with Crippen molar-refractivity contribution in [1.29, 1.82) is 0 Å². The smallest absolute Gasteiger partial charge is 0.380 e. The zero-order valence-electron chi connectivity index (χ0n) is 29.4. The highest BCUT2D eigenvalue weighted by Gasteiger charge is 2.30. The molecule has 8 N–H and O–H groups in total. The van der Waals surface area contributed by atoms with Crippen LogP contribution in [0.1, 0.15) is 5.56 Å². The molecule has 4 amide bonds. The molecule has 4 aromatic heterocycles. The van der Waals surface area contributed by atoms with Gasteiger partial charge in [-0.05, 0) is 90.0 Å². The molecular weight excluding hydrogens is 745 g/mol. The van der Waals surface area contributed by atoms with E-state index in [1.165, 1.54) is 36.4 Å². The highest BCUT2D eigenvalue weighted by molar-refractivity contribution is 6.01. The van der Waals surface area contributed by atoms with E-state index in [0.717, 1.165) is 39.9 Å². The topological polar surface area (TPSA) is 195 Å². The van der Waals surface area contributed by atoms with Gasteiger partial charge in [-0.1, -0.05) is 52.9 Å². The van der Waals surface area contributed by atoms with Crippen molar-refractivity contribution in [2.75, 3.05) is 32.7 Å². The Morgan fingerprint density at radius 2 is 0.965 bits per heavy atom. The number of carbonyl (C=O) groups is 2. The molecule has 0 atom stereocenters. The lowest BCUT2D eigenvalue weighted by atomic mass is 10.1. The number of benzene rings is 4. The summed E-state index contributed by atoms with van der Waals surface area (Å²) in [5, 5.41) is 26.0. The van der Waals surface area contributed by atoms with Gasteiger partial charge in [0.05, 0.1) is 5.56 Å². The summed E-state index contributed by atoms with van der Waals surface area (Å²) in [6, 6.07) is 30.5. The zero-order valence-corrected chi connectivity index (χ0v) is 29.4. The monoisotopic (exact) mass is 774 g/mol. The molecule has 0 fully saturated rings. The fraction of sp³-hybridized carbons (Fsp3) is 0.0256. The molecule has 4 aromatic carbocycles. The molecule has 0 spiro atoms. The summed E-state index contributed by atoms with van der Waals surface area (Å²) in [6.07, 6.45) is -0.977. The van der Waals surface area contributed by atoms with Gasteiger partial charge in [0.2, 0.25) is 0 Å². The number of halogens is 4. The standard InChI is InChI=1S/C20H15F3N6O.C19H15FN6O/c21-20(22,23)13-3-1-4-15(11-13)26-19(30)25-14-8-6-12(7-9-14)16-5-2-10-29-17(16)18(24)27-28-29;20-13-5-9-15(10-6-13)23-19(27)22-14-7-3-12(4-8-14)16-2-1-11-26-17(16)18(21)24-25-26/h1-11H,24H2,(H2,25,26,30);1-11H,21H2,(H2,22,23,27). The lowest BCUT2D eigenvalue weighted by Gasteiger charge is -2.11. The third kappa shape index (κ3) is 8.70. The first-order valence-electron chi connectivity index (χ1n) is 16.9. The number of anilines is 6. The molecule has 4 heterocycles. The van der Waals surface area contributed by atoms with Crippen LogP contribution in [0.25, 0.3) is 33.3 Å². The molecule has 57 heavy (non-hydrogen) atoms. The minimum atomic E-state index is -4.48. The van der Waals surface area contributed by atoms with Crippen LogP contribution in [-0.4, -0.2) is 41.7 Å². The van der Waals surface area contributed by atoms with Crippen LogP contribution in [0.15, 0.2) is 134 Å². The molecule has 0 aliphatic rings. The number of alkyl halides is 3. The Balaban J connectivity index is 0.000000175. The number of amides is 4. The summed E-state index contributed by atoms with van der Waals surface area (Å²) in [6.45, 7) is 0. The number of nitrogens with one attached hydrogen (secondary N) is 4. The van der Waals surface area contributed by atoms with Gasteiger partial charge in [-0.2, -0.15) is 13.2 Å². The molecule has 0 radical (unpaired) electrons. The average Bonchev–Trinajstić information content (AvgIpc) is 3.78. The Hall–Kier alpha value is -8.02. The molecule has 8 aromatic rings. The third-order valence-electron chi connectivity index (χ3n) is 8.39. The summed E-state index contributed by atoms with van der Waals surface area (Å²) in [7, 11) is 0. The van der Waals surface area contributed by atoms with E-state index in [-0.39, 0.29) is 11.5 Å². The number of pyridine rings is 2. The average molecular weight is 775 g/mol. The molecular formula is C39H30F4N12O2. The van der Waals surface area contributed by atoms with Gasteiger partial charge in [-0.3, -0.25) is 0 Å². The SMILES string of the molecule is Nc1nnn2cccc(-c3ccc(NC(=O)Nc4ccc(F)cc4)cc3)c12.Nc1nnn2cccc(-c3ccc(NC(=O)Nc4cccc(C(F)(F)F)c4)cc3)c12. The van der Waals surface area contributed by atoms with E-state index in [1.54, 1.807) is 57.8 Å². The van der Waals surface area contributed by atoms with Gasteiger partial charge in [-0.15, -0.1) is 10.2 Å². The fourth-order valence-corrected chi connectivity index (χ4v) is 5.77. The van der Waals surface area contributed by atoms with Gasteiger partial charge in [0.1, 0.15) is 16.9 Å². The number of hydrogen-bond acceptors (Lipinski definition) is 8. The summed E-state index contributed by atoms with van der Waals surface area (Å²) in [4.78, 5) is 24.2. The molecule has 0 aliphatic heterocycles. The normalized spacial score (nSPS) is 11.1. The summed E-state index contributed by atoms with van der Waals surface area (Å²) in [5.41, 5.74) is 17.4. The molecule has 14 nitrogen and oxygen atoms in total. The van der Waals surface area contributed by atoms with Crippen molar-refractivity contribution in [2.24, 2.45) is 0 Å². The van der Waals surface area contributed by atoms with E-state index < -0.39 is 23.8 Å². The highest BCUT2D eigenvalue weighted by Crippen LogP contribution is 2.32. The predicted molar refractivity (Wildman–Crippen MR) is 209 cm³/mol. The number of nitrogens with zero attached hydrogens (tertiary/aromatic N) is 6. The number of nitrogens with two attached hydrogens (primary N) is 2. The van der Waals surface area contributed by atoms with Crippen LogP contribution in [0.3, 0.4) is 0 Å². The van der Waals surface area contributed by atoms with E-state index in [9.17, 15) is 27.2 Å². The van der Waals surface area contributed by atoms with Crippen molar-refractivity contribution in [3.8, 4) is 22.3 Å². The number of rotatable bonds is 6. The van der Waals surface area contributed by atoms with Gasteiger partial charge in [-0.25, -0.2) is 23.0 Å². The van der Waals surface area contributed by atoms with Crippen LogP contribution in [0, 0.1) is 5.82 Å². The molecule has 18 heteroatoms. The maximum Gasteiger partial charge on any atom is 0.416 e. The second-order valence-electron chi connectivity index (χ2n) is 12.3. The van der Waals surface area contributed by atoms with Crippen molar-refractivity contribution < 1.29 is 27.2 Å². The summed E-state index contributed by atoms with van der Waals surface area (Å²) < 4.78 is 54.5. The second-order valence-corrected chi connectivity index (χ2v) is 12.3. The van der Waals surface area contributed by atoms with Crippen molar-refractivity contribution in [3.63, 3.8) is 0 Å². The van der Waals surface area contributed by atoms with Crippen LogP contribution >= 0.6 is 0 Å². The lowest BCUT2D eigenvalue weighted by molar-refractivity contribution is -0.137. The van der Waals surface area contributed by atoms with Crippen molar-refractivity contribution >= 4 is 57.5 Å². The quantitative estimate of drug-likeness (QED) is 0.0906. The molecule has 0 unspecified atom stereocenters. The Morgan fingerprint density at radius 1 is 0.544 bits per heavy atom. The van der Waals surface area contributed by atoms with Crippen molar-refractivity contribution in [3.05, 3.63) is 145 Å². The highest BCUT2D eigenvalue weighted by atomic mass is 19.4. The van der Waals surface area contributed by atoms with Crippen molar-refractivity contribution in [2.45, 2.75) is 6.18 Å². The largest absolute Gasteiger partial charge is 0.416 e. The van der Waals surface area contributed by atoms with Crippen LogP contribution in [-0.2, 0) is 6.18 Å². The van der Waals surface area contributed by atoms with E-state index in [2.05, 4.69) is 41.9 Å². The Kier molecular flexibility index (Phi) is 10.3. The molecule has 0 aliphatic carbocycles. The number of aromatic nitrogens is 6. The maximum absolute atomic E-state index is 12.9. The number of carbonyl (C=O) groups excluding carboxylic acids is 2. The van der Waals surface area contributed by atoms with Gasteiger partial charge < -0.3 is 32.7 Å². The summed E-state index contributed by atoms with van der Waals surface area (Å²) in [5.74, 6) is 0.292. The molecule has 8 rings (SSSR count). The van der Waals surface area contributed by atoms with E-state index in [0.29, 0.717) is 34.2 Å². The third-order valence-corrected chi connectivity index (χ3v) is 8.39. The number of fused-ring (bicyclic) bond motifs is 2. The molecule has 0 bridgehead atoms. The van der Waals surface area contributed by atoms with Gasteiger partial charge >= 0.3 is 18.2 Å². The van der Waals surface area contributed by atoms with E-state index in [1.807, 2.05) is 36.4 Å². The van der Waals surface area contributed by atoms with Crippen LogP contribution in [0.4, 0.5) is 61.5 Å². The van der Waals surface area contributed by atoms with Crippen LogP contribution < -0.4 is 32.7 Å². The van der Waals surface area contributed by atoms with Crippen LogP contribution in [0.2, 0.25) is 0 Å². The van der Waals surface area contributed by atoms with Gasteiger partial charge in [0.25, 0.3) is 0 Å². The lowest BCUT2D eigenvalue weighted by Crippen LogP contribution is -2.19. The van der Waals surface area contributed by atoms with Crippen LogP contribution in [0.5, 0.6) is 0 Å². The number of urea groups is 2. The first-order valence-corrected chi connectivity index (χ1v) is 16.9. The number of nitrogen functional groups attached to an aromatic ring is 2. The van der Waals surface area contributed by atoms with Crippen molar-refractivity contribution in [1.82, 2.24) is 29.7 Å². The fourth-order valence-electron chi connectivity index (χ4n) is 5.77. The second kappa shape index (κ2) is 15.8. The minimum Gasteiger partial charge on any atom is -0.380 e. The Bertz CT molecular complexity index is 2700. The maximum atomic E-state index is 12.9. The first-order chi connectivity index (χ1) is 27.4. The Labute approximate surface area is 320 Å². The molecule has 286 valence electrons. The molecule has 0 saturated carbocycles.